The first-order valence-electron chi connectivity index (χ1n) is 6.31. The molecule has 0 spiro atoms. The van der Waals surface area contributed by atoms with E-state index in [4.69, 9.17) is 11.6 Å². The van der Waals surface area contributed by atoms with E-state index in [2.05, 4.69) is 5.10 Å². The molecule has 0 N–H and O–H groups in total. The van der Waals surface area contributed by atoms with Gasteiger partial charge in [0.2, 0.25) is 0 Å². The van der Waals surface area contributed by atoms with Crippen LogP contribution in [0.3, 0.4) is 0 Å². The van der Waals surface area contributed by atoms with Gasteiger partial charge in [0.05, 0.1) is 23.6 Å². The van der Waals surface area contributed by atoms with E-state index in [1.165, 1.54) is 10.9 Å². The first-order valence-corrected chi connectivity index (χ1v) is 8.75. The van der Waals surface area contributed by atoms with Crippen molar-refractivity contribution in [3.05, 3.63) is 16.4 Å². The summed E-state index contributed by atoms with van der Waals surface area (Å²) in [4.78, 5) is 11.2. The Bertz CT molecular complexity index is 574. The Morgan fingerprint density at radius 1 is 1.42 bits per heavy atom. The van der Waals surface area contributed by atoms with Crippen molar-refractivity contribution < 1.29 is 13.2 Å². The highest BCUT2D eigenvalue weighted by atomic mass is 35.5. The fraction of sp³-hybridized carbons (Fsp3) is 0.667. The topological polar surface area (TPSA) is 69.0 Å². The molecule has 0 bridgehead atoms. The predicted octanol–water partition coefficient (Wildman–Crippen LogP) is 2.05. The number of sulfone groups is 1. The lowest BCUT2D eigenvalue weighted by atomic mass is 10.0. The summed E-state index contributed by atoms with van der Waals surface area (Å²) in [5.41, 5.74) is 1.15. The van der Waals surface area contributed by atoms with Crippen LogP contribution in [0.15, 0.2) is 0 Å². The van der Waals surface area contributed by atoms with E-state index in [0.29, 0.717) is 5.56 Å². The maximum absolute atomic E-state index is 11.2. The lowest BCUT2D eigenvalue weighted by Crippen LogP contribution is -2.12. The van der Waals surface area contributed by atoms with Gasteiger partial charge in [0, 0.05) is 12.2 Å². The first kappa shape index (κ1) is 14.5. The zero-order valence-corrected chi connectivity index (χ0v) is 12.4. The Hall–Kier alpha value is -0.880. The summed E-state index contributed by atoms with van der Waals surface area (Å²) >= 11 is 6.11. The molecule has 0 aromatic carbocycles. The normalized spacial score (nSPS) is 16.9. The fourth-order valence-electron chi connectivity index (χ4n) is 2.48. The molecule has 1 fully saturated rings. The Kier molecular flexibility index (Phi) is 4.30. The Balaban J connectivity index is 2.27. The molecule has 0 atom stereocenters. The summed E-state index contributed by atoms with van der Waals surface area (Å²) in [5.74, 6) is 0.244. The molecule has 5 nitrogen and oxygen atoms in total. The van der Waals surface area contributed by atoms with E-state index in [9.17, 15) is 13.2 Å². The Labute approximate surface area is 117 Å². The van der Waals surface area contributed by atoms with Gasteiger partial charge in [-0.05, 0) is 12.8 Å². The number of carbonyl (C=O) groups is 1. The van der Waals surface area contributed by atoms with Crippen molar-refractivity contribution in [3.8, 4) is 0 Å². The van der Waals surface area contributed by atoms with Gasteiger partial charge < -0.3 is 0 Å². The maximum atomic E-state index is 11.2. The van der Waals surface area contributed by atoms with E-state index in [-0.39, 0.29) is 23.4 Å². The minimum Gasteiger partial charge on any atom is -0.298 e. The quantitative estimate of drug-likeness (QED) is 0.781. The molecule has 106 valence electrons. The smallest absolute Gasteiger partial charge is 0.155 e. The molecule has 7 heteroatoms. The van der Waals surface area contributed by atoms with Crippen LogP contribution < -0.4 is 0 Å². The average Bonchev–Trinajstić information content (AvgIpc) is 2.93. The highest BCUT2D eigenvalue weighted by Crippen LogP contribution is 2.36. The number of nitrogens with zero attached hydrogens (tertiary/aromatic N) is 2. The van der Waals surface area contributed by atoms with E-state index >= 15 is 0 Å². The minimum absolute atomic E-state index is 0.0309. The van der Waals surface area contributed by atoms with Gasteiger partial charge >= 0.3 is 0 Å². The Morgan fingerprint density at radius 3 is 2.58 bits per heavy atom. The zero-order valence-electron chi connectivity index (χ0n) is 10.8. The monoisotopic (exact) mass is 304 g/mol. The van der Waals surface area contributed by atoms with Crippen LogP contribution in [-0.2, 0) is 16.4 Å². The Morgan fingerprint density at radius 2 is 2.05 bits per heavy atom. The number of hydrogen-bond acceptors (Lipinski definition) is 4. The molecule has 19 heavy (non-hydrogen) atoms. The SMILES string of the molecule is CS(=O)(=O)CCn1nc(C2CCCC2)c(C=O)c1Cl. The van der Waals surface area contributed by atoms with Gasteiger partial charge in [0.15, 0.2) is 6.29 Å². The molecule has 1 aromatic heterocycles. The predicted molar refractivity (Wildman–Crippen MR) is 73.5 cm³/mol. The van der Waals surface area contributed by atoms with Crippen LogP contribution >= 0.6 is 11.6 Å². The molecule has 1 saturated carbocycles. The van der Waals surface area contributed by atoms with Crippen molar-refractivity contribution in [1.82, 2.24) is 9.78 Å². The van der Waals surface area contributed by atoms with Crippen LogP contribution in [0, 0.1) is 0 Å². The van der Waals surface area contributed by atoms with Gasteiger partial charge in [0.1, 0.15) is 15.0 Å². The summed E-state index contributed by atoms with van der Waals surface area (Å²) in [6.45, 7) is 0.186. The summed E-state index contributed by atoms with van der Waals surface area (Å²) in [6.07, 6.45) is 6.19. The van der Waals surface area contributed by atoms with E-state index in [0.717, 1.165) is 37.7 Å². The van der Waals surface area contributed by atoms with Crippen molar-refractivity contribution >= 4 is 27.7 Å². The summed E-state index contributed by atoms with van der Waals surface area (Å²) in [5, 5.41) is 4.61. The molecule has 1 heterocycles. The van der Waals surface area contributed by atoms with Crippen LogP contribution in [0.2, 0.25) is 5.15 Å². The highest BCUT2D eigenvalue weighted by molar-refractivity contribution is 7.90. The molecule has 1 aromatic rings. The zero-order chi connectivity index (χ0) is 14.0. The number of aryl methyl sites for hydroxylation is 1. The van der Waals surface area contributed by atoms with Crippen molar-refractivity contribution in [2.75, 3.05) is 12.0 Å². The molecular weight excluding hydrogens is 288 g/mol. The fourth-order valence-corrected chi connectivity index (χ4v) is 3.25. The molecule has 0 unspecified atom stereocenters. The van der Waals surface area contributed by atoms with Gasteiger partial charge in [-0.25, -0.2) is 8.42 Å². The molecule has 1 aliphatic rings. The van der Waals surface area contributed by atoms with Gasteiger partial charge in [-0.15, -0.1) is 0 Å². The molecule has 0 amide bonds. The first-order chi connectivity index (χ1) is 8.92. The van der Waals surface area contributed by atoms with Crippen LogP contribution in [-0.4, -0.2) is 36.5 Å². The van der Waals surface area contributed by atoms with E-state index < -0.39 is 9.84 Å². The molecular formula is C12H17ClN2O3S. The largest absolute Gasteiger partial charge is 0.298 e. The third-order valence-corrected chi connectivity index (χ3v) is 4.81. The van der Waals surface area contributed by atoms with Crippen molar-refractivity contribution in [2.24, 2.45) is 0 Å². The maximum Gasteiger partial charge on any atom is 0.155 e. The third kappa shape index (κ3) is 3.36. The minimum atomic E-state index is -3.08. The van der Waals surface area contributed by atoms with Crippen LogP contribution in [0.5, 0.6) is 0 Å². The molecule has 0 aliphatic heterocycles. The summed E-state index contributed by atoms with van der Waals surface area (Å²) in [6, 6.07) is 0. The number of carbonyl (C=O) groups excluding carboxylic acids is 1. The second kappa shape index (κ2) is 5.63. The van der Waals surface area contributed by atoms with Gasteiger partial charge in [-0.1, -0.05) is 24.4 Å². The van der Waals surface area contributed by atoms with Crippen molar-refractivity contribution in [2.45, 2.75) is 38.1 Å². The lowest BCUT2D eigenvalue weighted by Gasteiger charge is -2.05. The van der Waals surface area contributed by atoms with Gasteiger partial charge in [-0.2, -0.15) is 5.10 Å². The van der Waals surface area contributed by atoms with Gasteiger partial charge in [-0.3, -0.25) is 9.48 Å². The van der Waals surface area contributed by atoms with Crippen LogP contribution in [0.25, 0.3) is 0 Å². The molecule has 0 radical (unpaired) electrons. The second-order valence-corrected chi connectivity index (χ2v) is 7.66. The molecule has 0 saturated heterocycles. The van der Waals surface area contributed by atoms with Gasteiger partial charge in [0.25, 0.3) is 0 Å². The number of hydrogen-bond donors (Lipinski definition) is 0. The number of halogens is 1. The van der Waals surface area contributed by atoms with Crippen LogP contribution in [0.1, 0.15) is 47.7 Å². The highest BCUT2D eigenvalue weighted by Gasteiger charge is 2.26. The van der Waals surface area contributed by atoms with Crippen LogP contribution in [0.4, 0.5) is 0 Å². The summed E-state index contributed by atoms with van der Waals surface area (Å²) < 4.78 is 23.8. The lowest BCUT2D eigenvalue weighted by molar-refractivity contribution is 0.112. The van der Waals surface area contributed by atoms with E-state index in [1.807, 2.05) is 0 Å². The average molecular weight is 305 g/mol. The number of rotatable bonds is 5. The standard InChI is InChI=1S/C12H17ClN2O3S/c1-19(17,18)7-6-15-12(13)10(8-16)11(14-15)9-4-2-3-5-9/h8-9H,2-7H2,1H3. The van der Waals surface area contributed by atoms with Crippen molar-refractivity contribution in [3.63, 3.8) is 0 Å². The summed E-state index contributed by atoms with van der Waals surface area (Å²) in [7, 11) is -3.08. The molecule has 1 aliphatic carbocycles. The number of aromatic nitrogens is 2. The molecule has 2 rings (SSSR count). The van der Waals surface area contributed by atoms with Crippen molar-refractivity contribution in [1.29, 1.82) is 0 Å². The number of aldehydes is 1. The second-order valence-electron chi connectivity index (χ2n) is 5.04. The van der Waals surface area contributed by atoms with E-state index in [1.54, 1.807) is 0 Å². The third-order valence-electron chi connectivity index (χ3n) is 3.49.